The molecule has 5 heterocycles. The predicted molar refractivity (Wildman–Crippen MR) is 117 cm³/mol. The first-order chi connectivity index (χ1) is 15.1. The first-order valence-electron chi connectivity index (χ1n) is 10.7. The van der Waals surface area contributed by atoms with Gasteiger partial charge in [0.15, 0.2) is 0 Å². The molecule has 2 aliphatic rings. The highest BCUT2D eigenvalue weighted by Gasteiger charge is 2.22. The number of fused-ring (bicyclic) bond motifs is 4. The van der Waals surface area contributed by atoms with Gasteiger partial charge in [-0.1, -0.05) is 0 Å². The van der Waals surface area contributed by atoms with Crippen LogP contribution in [-0.2, 0) is 6.42 Å². The number of amides is 1. The second-order valence-electron chi connectivity index (χ2n) is 8.65. The minimum Gasteiger partial charge on any atom is -0.352 e. The number of aromatic nitrogens is 4. The summed E-state index contributed by atoms with van der Waals surface area (Å²) in [6, 6.07) is 6.07. The molecular formula is C23H23FN6O. The van der Waals surface area contributed by atoms with Crippen LogP contribution in [0, 0.1) is 5.95 Å². The third-order valence-corrected chi connectivity index (χ3v) is 6.66. The first kappa shape index (κ1) is 18.5. The molecule has 4 aromatic rings. The summed E-state index contributed by atoms with van der Waals surface area (Å²) < 4.78 is 16.9. The zero-order chi connectivity index (χ0) is 21.1. The Labute approximate surface area is 178 Å². The van der Waals surface area contributed by atoms with Crippen molar-refractivity contribution in [1.82, 2.24) is 30.0 Å². The van der Waals surface area contributed by atoms with E-state index in [0.29, 0.717) is 29.4 Å². The van der Waals surface area contributed by atoms with Gasteiger partial charge in [-0.15, -0.1) is 0 Å². The van der Waals surface area contributed by atoms with E-state index in [9.17, 15) is 9.18 Å². The maximum atomic E-state index is 15.0. The summed E-state index contributed by atoms with van der Waals surface area (Å²) in [6.07, 6.45) is 6.53. The molecule has 2 aliphatic heterocycles. The zero-order valence-electron chi connectivity index (χ0n) is 17.3. The van der Waals surface area contributed by atoms with Crippen LogP contribution in [0.1, 0.15) is 34.8 Å². The SMILES string of the molecule is CN1CCC(n2cc(-c3cc4c(nc3F)[nH]c3cc5c(cc34)CCNC5=O)cn2)CC1. The lowest BCUT2D eigenvalue weighted by Crippen LogP contribution is -2.31. The van der Waals surface area contributed by atoms with Gasteiger partial charge in [0.1, 0.15) is 5.65 Å². The van der Waals surface area contributed by atoms with Gasteiger partial charge in [0.2, 0.25) is 5.95 Å². The van der Waals surface area contributed by atoms with E-state index in [4.69, 9.17) is 0 Å². The third kappa shape index (κ3) is 3.01. The lowest BCUT2D eigenvalue weighted by atomic mass is 9.97. The second kappa shape index (κ2) is 6.88. The number of aromatic amines is 1. The van der Waals surface area contributed by atoms with Gasteiger partial charge >= 0.3 is 0 Å². The number of hydrogen-bond acceptors (Lipinski definition) is 4. The molecule has 0 bridgehead atoms. The molecule has 1 amide bonds. The maximum absolute atomic E-state index is 15.0. The second-order valence-corrected chi connectivity index (χ2v) is 8.65. The summed E-state index contributed by atoms with van der Waals surface area (Å²) in [4.78, 5) is 21.9. The summed E-state index contributed by atoms with van der Waals surface area (Å²) in [5.41, 5.74) is 4.14. The van der Waals surface area contributed by atoms with Crippen molar-refractivity contribution >= 4 is 27.8 Å². The molecule has 6 rings (SSSR count). The summed E-state index contributed by atoms with van der Waals surface area (Å²) in [5.74, 6) is -0.590. The average molecular weight is 418 g/mol. The van der Waals surface area contributed by atoms with Crippen LogP contribution in [0.25, 0.3) is 33.1 Å². The lowest BCUT2D eigenvalue weighted by Gasteiger charge is -2.28. The van der Waals surface area contributed by atoms with Crippen LogP contribution in [0.4, 0.5) is 4.39 Å². The van der Waals surface area contributed by atoms with E-state index >= 15 is 0 Å². The third-order valence-electron chi connectivity index (χ3n) is 6.66. The normalized spacial score (nSPS) is 17.9. The Morgan fingerprint density at radius 1 is 1.13 bits per heavy atom. The number of piperidine rings is 1. The highest BCUT2D eigenvalue weighted by molar-refractivity contribution is 6.10. The minimum absolute atomic E-state index is 0.0667. The lowest BCUT2D eigenvalue weighted by molar-refractivity contribution is 0.0946. The smallest absolute Gasteiger partial charge is 0.251 e. The molecule has 31 heavy (non-hydrogen) atoms. The molecule has 0 saturated carbocycles. The van der Waals surface area contributed by atoms with Gasteiger partial charge in [0.25, 0.3) is 5.91 Å². The van der Waals surface area contributed by atoms with E-state index in [1.807, 2.05) is 29.1 Å². The monoisotopic (exact) mass is 418 g/mol. The zero-order valence-corrected chi connectivity index (χ0v) is 17.3. The number of nitrogens with zero attached hydrogens (tertiary/aromatic N) is 4. The van der Waals surface area contributed by atoms with Crippen LogP contribution < -0.4 is 5.32 Å². The molecule has 0 atom stereocenters. The average Bonchev–Trinajstić information content (AvgIpc) is 3.37. The number of benzene rings is 1. The number of rotatable bonds is 2. The van der Waals surface area contributed by atoms with Gasteiger partial charge in [0.05, 0.1) is 12.2 Å². The van der Waals surface area contributed by atoms with Crippen LogP contribution in [0.5, 0.6) is 0 Å². The van der Waals surface area contributed by atoms with E-state index in [2.05, 4.69) is 32.3 Å². The Balaban J connectivity index is 1.43. The van der Waals surface area contributed by atoms with Gasteiger partial charge in [0, 0.05) is 45.7 Å². The summed E-state index contributed by atoms with van der Waals surface area (Å²) in [6.45, 7) is 2.72. The van der Waals surface area contributed by atoms with Gasteiger partial charge < -0.3 is 15.2 Å². The van der Waals surface area contributed by atoms with Crippen molar-refractivity contribution in [2.75, 3.05) is 26.7 Å². The predicted octanol–water partition coefficient (Wildman–Crippen LogP) is 3.27. The fourth-order valence-corrected chi connectivity index (χ4v) is 4.85. The van der Waals surface area contributed by atoms with Gasteiger partial charge in [-0.3, -0.25) is 9.48 Å². The molecule has 0 radical (unpaired) electrons. The van der Waals surface area contributed by atoms with Crippen molar-refractivity contribution < 1.29 is 9.18 Å². The number of hydrogen-bond donors (Lipinski definition) is 2. The van der Waals surface area contributed by atoms with Crippen LogP contribution in [-0.4, -0.2) is 57.2 Å². The van der Waals surface area contributed by atoms with E-state index < -0.39 is 5.95 Å². The molecule has 2 N–H and O–H groups in total. The summed E-state index contributed by atoms with van der Waals surface area (Å²) in [5, 5.41) is 9.21. The van der Waals surface area contributed by atoms with Crippen LogP contribution in [0.15, 0.2) is 30.6 Å². The topological polar surface area (TPSA) is 78.8 Å². The summed E-state index contributed by atoms with van der Waals surface area (Å²) >= 11 is 0. The molecular weight excluding hydrogens is 395 g/mol. The maximum Gasteiger partial charge on any atom is 0.251 e. The fraction of sp³-hybridized carbons (Fsp3) is 0.348. The largest absolute Gasteiger partial charge is 0.352 e. The van der Waals surface area contributed by atoms with Crippen molar-refractivity contribution in [2.24, 2.45) is 0 Å². The number of likely N-dealkylation sites (tertiary alicyclic amines) is 1. The number of carbonyl (C=O) groups is 1. The quantitative estimate of drug-likeness (QED) is 0.490. The number of pyridine rings is 1. The fourth-order valence-electron chi connectivity index (χ4n) is 4.85. The molecule has 1 fully saturated rings. The minimum atomic E-state index is -0.524. The molecule has 1 aromatic carbocycles. The van der Waals surface area contributed by atoms with Gasteiger partial charge in [-0.05, 0) is 63.2 Å². The van der Waals surface area contributed by atoms with Crippen molar-refractivity contribution in [3.05, 3.63) is 47.7 Å². The van der Waals surface area contributed by atoms with Gasteiger partial charge in [-0.25, -0.2) is 4.98 Å². The molecule has 0 unspecified atom stereocenters. The van der Waals surface area contributed by atoms with Crippen molar-refractivity contribution in [1.29, 1.82) is 0 Å². The van der Waals surface area contributed by atoms with E-state index in [1.54, 1.807) is 6.20 Å². The molecule has 7 nitrogen and oxygen atoms in total. The summed E-state index contributed by atoms with van der Waals surface area (Å²) in [7, 11) is 2.13. The van der Waals surface area contributed by atoms with Crippen LogP contribution in [0.2, 0.25) is 0 Å². The van der Waals surface area contributed by atoms with Crippen LogP contribution >= 0.6 is 0 Å². The Morgan fingerprint density at radius 3 is 2.81 bits per heavy atom. The Bertz CT molecular complexity index is 1330. The molecule has 0 spiro atoms. The standard InChI is InChI=1S/C23H23FN6O/c1-29-6-3-15(4-7-29)30-12-14(11-26-30)16-9-19-18-8-13-2-5-25-23(31)17(13)10-20(18)27-22(19)28-21(16)24/h8-12,15H,2-7H2,1H3,(H,25,31)(H,27,28). The van der Waals surface area contributed by atoms with E-state index in [0.717, 1.165) is 59.8 Å². The highest BCUT2D eigenvalue weighted by atomic mass is 19.1. The van der Waals surface area contributed by atoms with Gasteiger partial charge in [-0.2, -0.15) is 9.49 Å². The number of nitrogens with one attached hydrogen (secondary N) is 2. The Hall–Kier alpha value is -3.26. The molecule has 1 saturated heterocycles. The number of H-pyrrole nitrogens is 1. The van der Waals surface area contributed by atoms with E-state index in [-0.39, 0.29) is 5.91 Å². The Morgan fingerprint density at radius 2 is 1.97 bits per heavy atom. The molecule has 158 valence electrons. The number of halogens is 1. The van der Waals surface area contributed by atoms with Crippen molar-refractivity contribution in [2.45, 2.75) is 25.3 Å². The van der Waals surface area contributed by atoms with Crippen molar-refractivity contribution in [3.63, 3.8) is 0 Å². The van der Waals surface area contributed by atoms with E-state index in [1.165, 1.54) is 0 Å². The molecule has 8 heteroatoms. The van der Waals surface area contributed by atoms with Crippen molar-refractivity contribution in [3.8, 4) is 11.1 Å². The highest BCUT2D eigenvalue weighted by Crippen LogP contribution is 2.33. The van der Waals surface area contributed by atoms with Crippen LogP contribution in [0.3, 0.4) is 0 Å². The molecule has 0 aliphatic carbocycles. The number of carbonyl (C=O) groups excluding carboxylic acids is 1. The first-order valence-corrected chi connectivity index (χ1v) is 10.7. The molecule has 3 aromatic heterocycles. The Kier molecular flexibility index (Phi) is 4.11.